The van der Waals surface area contributed by atoms with Crippen LogP contribution in [0, 0.1) is 5.41 Å². The fraction of sp³-hybridized carbons (Fsp3) is 0.562. The molecule has 1 aromatic carbocycles. The van der Waals surface area contributed by atoms with Crippen molar-refractivity contribution in [3.8, 4) is 0 Å². The molecule has 0 spiro atoms. The van der Waals surface area contributed by atoms with Gasteiger partial charge in [-0.25, -0.2) is 0 Å². The van der Waals surface area contributed by atoms with Gasteiger partial charge in [0.25, 0.3) is 0 Å². The SMILES string of the molecule is N=C(N)c1ccc(Br)cc1N1CCC(N2CCCCC2)C1. The van der Waals surface area contributed by atoms with E-state index >= 15 is 0 Å². The van der Waals surface area contributed by atoms with Crippen LogP contribution < -0.4 is 10.6 Å². The smallest absolute Gasteiger partial charge is 0.124 e. The van der Waals surface area contributed by atoms with Gasteiger partial charge in [-0.3, -0.25) is 10.3 Å². The van der Waals surface area contributed by atoms with Crippen molar-refractivity contribution in [2.75, 3.05) is 31.1 Å². The van der Waals surface area contributed by atoms with E-state index in [1.807, 2.05) is 12.1 Å². The summed E-state index contributed by atoms with van der Waals surface area (Å²) in [5.74, 6) is 0.152. The van der Waals surface area contributed by atoms with Gasteiger partial charge in [0, 0.05) is 34.9 Å². The third-order valence-electron chi connectivity index (χ3n) is 4.66. The number of likely N-dealkylation sites (tertiary alicyclic amines) is 1. The maximum Gasteiger partial charge on any atom is 0.124 e. The Morgan fingerprint density at radius 2 is 1.95 bits per heavy atom. The maximum absolute atomic E-state index is 7.78. The normalized spacial score (nSPS) is 23.5. The predicted molar refractivity (Wildman–Crippen MR) is 91.2 cm³/mol. The molecule has 2 heterocycles. The van der Waals surface area contributed by atoms with Crippen molar-refractivity contribution in [1.82, 2.24) is 4.90 Å². The summed E-state index contributed by atoms with van der Waals surface area (Å²) in [4.78, 5) is 5.04. The highest BCUT2D eigenvalue weighted by Gasteiger charge is 2.29. The number of anilines is 1. The first kappa shape index (κ1) is 14.9. The highest BCUT2D eigenvalue weighted by molar-refractivity contribution is 9.10. The third kappa shape index (κ3) is 3.24. The Morgan fingerprint density at radius 3 is 2.67 bits per heavy atom. The molecule has 3 rings (SSSR count). The van der Waals surface area contributed by atoms with E-state index in [4.69, 9.17) is 11.1 Å². The monoisotopic (exact) mass is 350 g/mol. The molecule has 0 saturated carbocycles. The zero-order valence-corrected chi connectivity index (χ0v) is 13.9. The molecular formula is C16H23BrN4. The number of halogens is 1. The van der Waals surface area contributed by atoms with Gasteiger partial charge in [-0.2, -0.15) is 0 Å². The van der Waals surface area contributed by atoms with Gasteiger partial charge in [0.1, 0.15) is 5.84 Å². The first-order valence-corrected chi connectivity index (χ1v) is 8.57. The summed E-state index contributed by atoms with van der Waals surface area (Å²) < 4.78 is 1.05. The maximum atomic E-state index is 7.78. The lowest BCUT2D eigenvalue weighted by Gasteiger charge is -2.32. The van der Waals surface area contributed by atoms with E-state index in [0.717, 1.165) is 28.8 Å². The molecule has 5 heteroatoms. The molecule has 4 nitrogen and oxygen atoms in total. The fourth-order valence-electron chi connectivity index (χ4n) is 3.54. The highest BCUT2D eigenvalue weighted by Crippen LogP contribution is 2.30. The second-order valence-electron chi connectivity index (χ2n) is 6.06. The van der Waals surface area contributed by atoms with Gasteiger partial charge in [-0.15, -0.1) is 0 Å². The van der Waals surface area contributed by atoms with E-state index in [0.29, 0.717) is 6.04 Å². The van der Waals surface area contributed by atoms with Crippen LogP contribution in [0.3, 0.4) is 0 Å². The number of nitrogen functional groups attached to an aromatic ring is 1. The first-order chi connectivity index (χ1) is 10.1. The molecule has 21 heavy (non-hydrogen) atoms. The first-order valence-electron chi connectivity index (χ1n) is 7.78. The van der Waals surface area contributed by atoms with Crippen LogP contribution in [0.5, 0.6) is 0 Å². The Kier molecular flexibility index (Phi) is 4.50. The summed E-state index contributed by atoms with van der Waals surface area (Å²) in [7, 11) is 0. The standard InChI is InChI=1S/C16H23BrN4/c17-12-4-5-14(16(18)19)15(10-12)21-9-6-13(11-21)20-7-2-1-3-8-20/h4-5,10,13H,1-3,6-9,11H2,(H3,18,19). The predicted octanol–water partition coefficient (Wildman–Crippen LogP) is 2.80. The number of hydrogen-bond donors (Lipinski definition) is 2. The molecule has 1 aromatic rings. The molecular weight excluding hydrogens is 328 g/mol. The van der Waals surface area contributed by atoms with E-state index in [-0.39, 0.29) is 5.84 Å². The van der Waals surface area contributed by atoms with Crippen LogP contribution in [0.2, 0.25) is 0 Å². The molecule has 0 radical (unpaired) electrons. The molecule has 0 bridgehead atoms. The van der Waals surface area contributed by atoms with Gasteiger partial charge in [0.05, 0.1) is 0 Å². The van der Waals surface area contributed by atoms with Gasteiger partial charge < -0.3 is 10.6 Å². The molecule has 114 valence electrons. The second-order valence-corrected chi connectivity index (χ2v) is 6.98. The zero-order valence-electron chi connectivity index (χ0n) is 12.3. The molecule has 0 aliphatic carbocycles. The van der Waals surface area contributed by atoms with Crippen molar-refractivity contribution in [3.05, 3.63) is 28.2 Å². The van der Waals surface area contributed by atoms with Crippen molar-refractivity contribution in [2.45, 2.75) is 31.7 Å². The molecule has 2 saturated heterocycles. The van der Waals surface area contributed by atoms with E-state index in [1.54, 1.807) is 0 Å². The molecule has 2 aliphatic rings. The largest absolute Gasteiger partial charge is 0.384 e. The van der Waals surface area contributed by atoms with Crippen molar-refractivity contribution in [3.63, 3.8) is 0 Å². The van der Waals surface area contributed by atoms with Crippen molar-refractivity contribution in [2.24, 2.45) is 5.73 Å². The minimum absolute atomic E-state index is 0.152. The molecule has 3 N–H and O–H groups in total. The number of amidine groups is 1. The van der Waals surface area contributed by atoms with Gasteiger partial charge in [-0.05, 0) is 50.6 Å². The van der Waals surface area contributed by atoms with Gasteiger partial charge >= 0.3 is 0 Å². The number of nitrogens with one attached hydrogen (secondary N) is 1. The minimum atomic E-state index is 0.152. The summed E-state index contributed by atoms with van der Waals surface area (Å²) in [6.45, 7) is 4.60. The Hall–Kier alpha value is -1.07. The number of nitrogens with two attached hydrogens (primary N) is 1. The Bertz CT molecular complexity index is 525. The lowest BCUT2D eigenvalue weighted by Crippen LogP contribution is -2.41. The van der Waals surface area contributed by atoms with Crippen molar-refractivity contribution < 1.29 is 0 Å². The average molecular weight is 351 g/mol. The van der Waals surface area contributed by atoms with Gasteiger partial charge in [-0.1, -0.05) is 22.4 Å². The Morgan fingerprint density at radius 1 is 1.19 bits per heavy atom. The number of rotatable bonds is 3. The van der Waals surface area contributed by atoms with Crippen LogP contribution in [0.15, 0.2) is 22.7 Å². The second kappa shape index (κ2) is 6.36. The summed E-state index contributed by atoms with van der Waals surface area (Å²) >= 11 is 3.54. The molecule has 0 aromatic heterocycles. The molecule has 1 atom stereocenters. The van der Waals surface area contributed by atoms with Crippen LogP contribution >= 0.6 is 15.9 Å². The van der Waals surface area contributed by atoms with Gasteiger partial charge in [0.15, 0.2) is 0 Å². The Labute approximate surface area is 134 Å². The lowest BCUT2D eigenvalue weighted by atomic mass is 10.1. The number of benzene rings is 1. The zero-order chi connectivity index (χ0) is 14.8. The molecule has 1 unspecified atom stereocenters. The fourth-order valence-corrected chi connectivity index (χ4v) is 3.89. The van der Waals surface area contributed by atoms with E-state index in [9.17, 15) is 0 Å². The molecule has 2 aliphatic heterocycles. The van der Waals surface area contributed by atoms with Crippen molar-refractivity contribution >= 4 is 27.5 Å². The topological polar surface area (TPSA) is 56.4 Å². The number of hydrogen-bond acceptors (Lipinski definition) is 3. The van der Waals surface area contributed by atoms with Crippen LogP contribution in [0.1, 0.15) is 31.2 Å². The van der Waals surface area contributed by atoms with Crippen LogP contribution in [0.25, 0.3) is 0 Å². The van der Waals surface area contributed by atoms with Crippen LogP contribution in [-0.2, 0) is 0 Å². The number of nitrogens with zero attached hydrogens (tertiary/aromatic N) is 2. The summed E-state index contributed by atoms with van der Waals surface area (Å²) in [5.41, 5.74) is 7.68. The summed E-state index contributed by atoms with van der Waals surface area (Å²) in [6, 6.07) is 6.65. The van der Waals surface area contributed by atoms with E-state index in [1.165, 1.54) is 38.8 Å². The molecule has 0 amide bonds. The lowest BCUT2D eigenvalue weighted by molar-refractivity contribution is 0.175. The summed E-state index contributed by atoms with van der Waals surface area (Å²) in [6.07, 6.45) is 5.27. The number of piperidine rings is 1. The highest BCUT2D eigenvalue weighted by atomic mass is 79.9. The van der Waals surface area contributed by atoms with Crippen molar-refractivity contribution in [1.29, 1.82) is 5.41 Å². The Balaban J connectivity index is 1.76. The van der Waals surface area contributed by atoms with Gasteiger partial charge in [0.2, 0.25) is 0 Å². The van der Waals surface area contributed by atoms with E-state index < -0.39 is 0 Å². The summed E-state index contributed by atoms with van der Waals surface area (Å²) in [5, 5.41) is 7.78. The third-order valence-corrected chi connectivity index (χ3v) is 5.15. The van der Waals surface area contributed by atoms with Crippen LogP contribution in [0.4, 0.5) is 5.69 Å². The van der Waals surface area contributed by atoms with E-state index in [2.05, 4.69) is 31.8 Å². The minimum Gasteiger partial charge on any atom is -0.384 e. The molecule has 2 fully saturated rings. The average Bonchev–Trinajstić information content (AvgIpc) is 2.97. The quantitative estimate of drug-likeness (QED) is 0.650. The van der Waals surface area contributed by atoms with Crippen LogP contribution in [-0.4, -0.2) is 43.0 Å².